The van der Waals surface area contributed by atoms with Gasteiger partial charge in [0.1, 0.15) is 5.75 Å². The first kappa shape index (κ1) is 22.1. The van der Waals surface area contributed by atoms with Crippen LogP contribution in [0.1, 0.15) is 30.0 Å². The number of fused-ring (bicyclic) bond motifs is 1. The van der Waals surface area contributed by atoms with Crippen LogP contribution in [0.4, 0.5) is 5.69 Å². The maximum Gasteiger partial charge on any atom is 0.227 e. The van der Waals surface area contributed by atoms with Crippen LogP contribution in [0.2, 0.25) is 0 Å². The highest BCUT2D eigenvalue weighted by atomic mass is 35.5. The summed E-state index contributed by atoms with van der Waals surface area (Å²) in [5.41, 5.74) is 3.13. The molecule has 30 heavy (non-hydrogen) atoms. The van der Waals surface area contributed by atoms with E-state index in [2.05, 4.69) is 11.4 Å². The summed E-state index contributed by atoms with van der Waals surface area (Å²) in [6.45, 7) is 2.52. The SMILES string of the molecule is COc1ccccc1C1CNCCN1C(=O)CCN1C(=O)CCc2ccccc21.Cl. The zero-order valence-electron chi connectivity index (χ0n) is 17.2. The van der Waals surface area contributed by atoms with Crippen molar-refractivity contribution in [3.8, 4) is 5.75 Å². The van der Waals surface area contributed by atoms with E-state index in [0.717, 1.165) is 30.0 Å². The van der Waals surface area contributed by atoms with Gasteiger partial charge < -0.3 is 19.9 Å². The van der Waals surface area contributed by atoms with Gasteiger partial charge in [-0.05, 0) is 24.1 Å². The van der Waals surface area contributed by atoms with Crippen molar-refractivity contribution in [1.82, 2.24) is 10.2 Å². The fraction of sp³-hybridized carbons (Fsp3) is 0.391. The Hall–Kier alpha value is -2.57. The number of rotatable bonds is 5. The van der Waals surface area contributed by atoms with E-state index in [1.165, 1.54) is 5.56 Å². The number of methoxy groups -OCH3 is 1. The summed E-state index contributed by atoms with van der Waals surface area (Å²) in [7, 11) is 1.65. The highest BCUT2D eigenvalue weighted by Gasteiger charge is 2.31. The average Bonchev–Trinajstić information content (AvgIpc) is 2.78. The molecule has 6 nitrogen and oxygen atoms in total. The van der Waals surface area contributed by atoms with Crippen molar-refractivity contribution in [2.45, 2.75) is 25.3 Å². The van der Waals surface area contributed by atoms with Gasteiger partial charge in [-0.3, -0.25) is 9.59 Å². The Morgan fingerprint density at radius 1 is 1.13 bits per heavy atom. The summed E-state index contributed by atoms with van der Waals surface area (Å²) in [6.07, 6.45) is 1.58. The molecular formula is C23H28ClN3O3. The van der Waals surface area contributed by atoms with E-state index in [1.807, 2.05) is 47.4 Å². The molecule has 1 fully saturated rings. The fourth-order valence-electron chi connectivity index (χ4n) is 4.32. The molecule has 0 spiro atoms. The number of carbonyl (C=O) groups excluding carboxylic acids is 2. The molecule has 2 aliphatic rings. The molecule has 1 unspecified atom stereocenters. The first-order valence-electron chi connectivity index (χ1n) is 10.2. The van der Waals surface area contributed by atoms with Gasteiger partial charge in [-0.15, -0.1) is 12.4 Å². The molecular weight excluding hydrogens is 402 g/mol. The standard InChI is InChI=1S/C23H27N3O3.ClH/c1-29-21-9-5-3-7-18(21)20-16-24-13-15-26(20)23(28)12-14-25-19-8-4-2-6-17(19)10-11-22(25)27;/h2-9,20,24H,10-16H2,1H3;1H. The number of hydrogen-bond donors (Lipinski definition) is 1. The average molecular weight is 430 g/mol. The molecule has 2 aromatic rings. The van der Waals surface area contributed by atoms with Crippen LogP contribution < -0.4 is 15.0 Å². The van der Waals surface area contributed by atoms with Gasteiger partial charge in [0.2, 0.25) is 11.8 Å². The smallest absolute Gasteiger partial charge is 0.227 e. The summed E-state index contributed by atoms with van der Waals surface area (Å²) in [6, 6.07) is 15.7. The number of amides is 2. The van der Waals surface area contributed by atoms with Crippen molar-refractivity contribution in [1.29, 1.82) is 0 Å². The first-order valence-corrected chi connectivity index (χ1v) is 10.2. The number of para-hydroxylation sites is 2. The monoisotopic (exact) mass is 429 g/mol. The quantitative estimate of drug-likeness (QED) is 0.793. The van der Waals surface area contributed by atoms with Crippen molar-refractivity contribution in [3.05, 3.63) is 59.7 Å². The second-order valence-electron chi connectivity index (χ2n) is 7.47. The van der Waals surface area contributed by atoms with Gasteiger partial charge in [-0.2, -0.15) is 0 Å². The highest BCUT2D eigenvalue weighted by Crippen LogP contribution is 2.31. The fourth-order valence-corrected chi connectivity index (χ4v) is 4.32. The lowest BCUT2D eigenvalue weighted by molar-refractivity contribution is -0.134. The summed E-state index contributed by atoms with van der Waals surface area (Å²) in [5, 5.41) is 3.38. The Bertz CT molecular complexity index is 905. The van der Waals surface area contributed by atoms with E-state index in [9.17, 15) is 9.59 Å². The summed E-state index contributed by atoms with van der Waals surface area (Å²) < 4.78 is 5.52. The molecule has 0 bridgehead atoms. The topological polar surface area (TPSA) is 61.9 Å². The van der Waals surface area contributed by atoms with Gasteiger partial charge in [-0.1, -0.05) is 36.4 Å². The third kappa shape index (κ3) is 4.45. The molecule has 7 heteroatoms. The highest BCUT2D eigenvalue weighted by molar-refractivity contribution is 5.97. The van der Waals surface area contributed by atoms with Gasteiger partial charge in [0.25, 0.3) is 0 Å². The van der Waals surface area contributed by atoms with Crippen LogP contribution in [0.15, 0.2) is 48.5 Å². The predicted octanol–water partition coefficient (Wildman–Crippen LogP) is 2.96. The number of aryl methyl sites for hydroxylation is 1. The second kappa shape index (κ2) is 9.96. The van der Waals surface area contributed by atoms with E-state index >= 15 is 0 Å². The normalized spacial score (nSPS) is 18.4. The number of nitrogens with one attached hydrogen (secondary N) is 1. The summed E-state index contributed by atoms with van der Waals surface area (Å²) >= 11 is 0. The lowest BCUT2D eigenvalue weighted by Gasteiger charge is -2.38. The number of benzene rings is 2. The van der Waals surface area contributed by atoms with Crippen LogP contribution in [-0.4, -0.2) is 50.0 Å². The third-order valence-electron chi connectivity index (χ3n) is 5.80. The minimum absolute atomic E-state index is 0. The zero-order valence-corrected chi connectivity index (χ0v) is 18.0. The molecule has 0 radical (unpaired) electrons. The predicted molar refractivity (Wildman–Crippen MR) is 119 cm³/mol. The van der Waals surface area contributed by atoms with E-state index in [1.54, 1.807) is 12.0 Å². The molecule has 1 atom stereocenters. The molecule has 2 aliphatic heterocycles. The van der Waals surface area contributed by atoms with Gasteiger partial charge in [0.05, 0.1) is 13.2 Å². The minimum atomic E-state index is -0.0725. The number of carbonyl (C=O) groups is 2. The summed E-state index contributed by atoms with van der Waals surface area (Å²) in [4.78, 5) is 29.4. The van der Waals surface area contributed by atoms with E-state index in [-0.39, 0.29) is 30.3 Å². The molecule has 4 rings (SSSR count). The lowest BCUT2D eigenvalue weighted by Crippen LogP contribution is -2.49. The summed E-state index contributed by atoms with van der Waals surface area (Å²) in [5.74, 6) is 0.954. The van der Waals surface area contributed by atoms with Crippen molar-refractivity contribution in [2.24, 2.45) is 0 Å². The second-order valence-corrected chi connectivity index (χ2v) is 7.47. The van der Waals surface area contributed by atoms with Crippen LogP contribution in [0.3, 0.4) is 0 Å². The van der Waals surface area contributed by atoms with E-state index in [0.29, 0.717) is 32.5 Å². The van der Waals surface area contributed by atoms with Crippen LogP contribution in [0, 0.1) is 0 Å². The lowest BCUT2D eigenvalue weighted by atomic mass is 10.00. The molecule has 2 heterocycles. The molecule has 2 amide bonds. The Morgan fingerprint density at radius 2 is 1.90 bits per heavy atom. The largest absolute Gasteiger partial charge is 0.496 e. The molecule has 160 valence electrons. The van der Waals surface area contributed by atoms with Gasteiger partial charge >= 0.3 is 0 Å². The Morgan fingerprint density at radius 3 is 2.73 bits per heavy atom. The third-order valence-corrected chi connectivity index (χ3v) is 5.80. The minimum Gasteiger partial charge on any atom is -0.496 e. The Kier molecular flexibility index (Phi) is 7.34. The number of ether oxygens (including phenoxy) is 1. The van der Waals surface area contributed by atoms with Crippen molar-refractivity contribution >= 4 is 29.9 Å². The maximum absolute atomic E-state index is 13.2. The molecule has 0 aromatic heterocycles. The van der Waals surface area contributed by atoms with Gasteiger partial charge in [0.15, 0.2) is 0 Å². The van der Waals surface area contributed by atoms with Crippen molar-refractivity contribution in [3.63, 3.8) is 0 Å². The van der Waals surface area contributed by atoms with E-state index < -0.39 is 0 Å². The maximum atomic E-state index is 13.2. The molecule has 0 aliphatic carbocycles. The van der Waals surface area contributed by atoms with Gasteiger partial charge in [-0.25, -0.2) is 0 Å². The van der Waals surface area contributed by atoms with Crippen molar-refractivity contribution < 1.29 is 14.3 Å². The van der Waals surface area contributed by atoms with Crippen LogP contribution in [0.5, 0.6) is 5.75 Å². The number of halogens is 1. The zero-order chi connectivity index (χ0) is 20.2. The van der Waals surface area contributed by atoms with Crippen LogP contribution in [0.25, 0.3) is 0 Å². The number of nitrogens with zero attached hydrogens (tertiary/aromatic N) is 2. The van der Waals surface area contributed by atoms with E-state index in [4.69, 9.17) is 4.74 Å². The molecule has 1 saturated heterocycles. The first-order chi connectivity index (χ1) is 14.2. The number of anilines is 1. The number of hydrogen-bond acceptors (Lipinski definition) is 4. The number of piperazine rings is 1. The van der Waals surface area contributed by atoms with Crippen molar-refractivity contribution in [2.75, 3.05) is 38.2 Å². The van der Waals surface area contributed by atoms with Crippen LogP contribution in [-0.2, 0) is 16.0 Å². The Labute approximate surface area is 183 Å². The molecule has 1 N–H and O–H groups in total. The van der Waals surface area contributed by atoms with Gasteiger partial charge in [0, 0.05) is 50.3 Å². The molecule has 0 saturated carbocycles. The molecule has 2 aromatic carbocycles. The van der Waals surface area contributed by atoms with Crippen LogP contribution >= 0.6 is 12.4 Å². The Balaban J connectivity index is 0.00000256.